The molecule has 1 unspecified atom stereocenters. The minimum Gasteiger partial charge on any atom is -0.450 e. The van der Waals surface area contributed by atoms with Crippen LogP contribution >= 0.6 is 15.9 Å². The molecule has 0 aliphatic rings. The Morgan fingerprint density at radius 2 is 2.26 bits per heavy atom. The highest BCUT2D eigenvalue weighted by atomic mass is 79.9. The Bertz CT molecular complexity index is 449. The van der Waals surface area contributed by atoms with Crippen molar-refractivity contribution in [3.63, 3.8) is 0 Å². The number of carbonyl (C=O) groups excluding carboxylic acids is 1. The van der Waals surface area contributed by atoms with Gasteiger partial charge < -0.3 is 14.8 Å². The first kappa shape index (κ1) is 16.0. The van der Waals surface area contributed by atoms with Crippen molar-refractivity contribution in [3.8, 4) is 0 Å². The first-order valence-electron chi connectivity index (χ1n) is 6.22. The van der Waals surface area contributed by atoms with Gasteiger partial charge in [0.05, 0.1) is 5.60 Å². The number of furan rings is 1. The summed E-state index contributed by atoms with van der Waals surface area (Å²) in [7, 11) is 0. The van der Waals surface area contributed by atoms with E-state index in [9.17, 15) is 9.90 Å². The van der Waals surface area contributed by atoms with Crippen LogP contribution in [0.25, 0.3) is 6.08 Å². The Labute approximate surface area is 122 Å². The van der Waals surface area contributed by atoms with Crippen LogP contribution in [0.3, 0.4) is 0 Å². The SMILES string of the molecule is CC(C)CC(C)(O)CNC(=O)C=Cc1ccc(Br)o1. The molecule has 1 aromatic rings. The van der Waals surface area contributed by atoms with Crippen LogP contribution < -0.4 is 5.32 Å². The van der Waals surface area contributed by atoms with E-state index in [1.54, 1.807) is 25.1 Å². The van der Waals surface area contributed by atoms with Gasteiger partial charge in [0.25, 0.3) is 0 Å². The van der Waals surface area contributed by atoms with Crippen LogP contribution in [0, 0.1) is 5.92 Å². The lowest BCUT2D eigenvalue weighted by molar-refractivity contribution is -0.117. The molecule has 1 heterocycles. The Balaban J connectivity index is 2.41. The van der Waals surface area contributed by atoms with Crippen molar-refractivity contribution in [1.29, 1.82) is 0 Å². The molecule has 5 heteroatoms. The van der Waals surface area contributed by atoms with Crippen molar-refractivity contribution in [2.45, 2.75) is 32.8 Å². The minimum atomic E-state index is -0.884. The number of aliphatic hydroxyl groups is 1. The van der Waals surface area contributed by atoms with E-state index in [2.05, 4.69) is 21.2 Å². The third-order valence-corrected chi connectivity index (χ3v) is 2.91. The van der Waals surface area contributed by atoms with Gasteiger partial charge in [-0.05, 0) is 53.4 Å². The summed E-state index contributed by atoms with van der Waals surface area (Å²) >= 11 is 3.18. The third kappa shape index (κ3) is 6.59. The molecule has 0 bridgehead atoms. The lowest BCUT2D eigenvalue weighted by Crippen LogP contribution is -2.40. The van der Waals surface area contributed by atoms with Gasteiger partial charge in [-0.3, -0.25) is 4.79 Å². The molecule has 0 fully saturated rings. The first-order valence-corrected chi connectivity index (χ1v) is 7.01. The van der Waals surface area contributed by atoms with Gasteiger partial charge in [0.1, 0.15) is 5.76 Å². The van der Waals surface area contributed by atoms with Gasteiger partial charge in [-0.2, -0.15) is 0 Å². The molecule has 0 aliphatic carbocycles. The minimum absolute atomic E-state index is 0.232. The van der Waals surface area contributed by atoms with Crippen molar-refractivity contribution in [2.75, 3.05) is 6.54 Å². The highest BCUT2D eigenvalue weighted by Crippen LogP contribution is 2.16. The van der Waals surface area contributed by atoms with Crippen LogP contribution in [-0.4, -0.2) is 23.2 Å². The molecular weight excluding hydrogens is 310 g/mol. The van der Waals surface area contributed by atoms with Gasteiger partial charge in [0.15, 0.2) is 4.67 Å². The van der Waals surface area contributed by atoms with E-state index >= 15 is 0 Å². The number of nitrogens with one attached hydrogen (secondary N) is 1. The van der Waals surface area contributed by atoms with Crippen molar-refractivity contribution in [2.24, 2.45) is 5.92 Å². The summed E-state index contributed by atoms with van der Waals surface area (Å²) in [6.45, 7) is 6.02. The molecule has 2 N–H and O–H groups in total. The average Bonchev–Trinajstić information content (AvgIpc) is 2.68. The Hall–Kier alpha value is -1.07. The summed E-state index contributed by atoms with van der Waals surface area (Å²) in [5.41, 5.74) is -0.884. The number of carbonyl (C=O) groups is 1. The zero-order valence-corrected chi connectivity index (χ0v) is 13.0. The summed E-state index contributed by atoms with van der Waals surface area (Å²) in [4.78, 5) is 11.6. The van der Waals surface area contributed by atoms with Crippen LogP contribution in [0.1, 0.15) is 33.0 Å². The molecule has 0 saturated heterocycles. The number of amides is 1. The van der Waals surface area contributed by atoms with Gasteiger partial charge in [0.2, 0.25) is 5.91 Å². The second-order valence-electron chi connectivity index (χ2n) is 5.29. The summed E-state index contributed by atoms with van der Waals surface area (Å²) in [5, 5.41) is 12.7. The van der Waals surface area contributed by atoms with Gasteiger partial charge in [0, 0.05) is 12.6 Å². The van der Waals surface area contributed by atoms with Crippen LogP contribution in [0.5, 0.6) is 0 Å². The van der Waals surface area contributed by atoms with E-state index in [1.807, 2.05) is 13.8 Å². The summed E-state index contributed by atoms with van der Waals surface area (Å²) < 4.78 is 5.85. The lowest BCUT2D eigenvalue weighted by atomic mass is 9.94. The van der Waals surface area contributed by atoms with Crippen LogP contribution in [-0.2, 0) is 4.79 Å². The first-order chi connectivity index (χ1) is 8.78. The Kier molecular flexibility index (Phi) is 5.82. The van der Waals surface area contributed by atoms with E-state index in [-0.39, 0.29) is 12.5 Å². The van der Waals surface area contributed by atoms with Crippen molar-refractivity contribution >= 4 is 27.9 Å². The van der Waals surface area contributed by atoms with Gasteiger partial charge in [-0.15, -0.1) is 0 Å². The zero-order chi connectivity index (χ0) is 14.5. The quantitative estimate of drug-likeness (QED) is 0.788. The van der Waals surface area contributed by atoms with Gasteiger partial charge in [-0.1, -0.05) is 13.8 Å². The van der Waals surface area contributed by atoms with E-state index in [1.165, 1.54) is 6.08 Å². The maximum Gasteiger partial charge on any atom is 0.244 e. The van der Waals surface area contributed by atoms with Crippen LogP contribution in [0.4, 0.5) is 0 Å². The predicted octanol–water partition coefficient (Wildman–Crippen LogP) is 2.97. The smallest absolute Gasteiger partial charge is 0.244 e. The molecule has 0 aromatic carbocycles. The van der Waals surface area contributed by atoms with Crippen LogP contribution in [0.15, 0.2) is 27.3 Å². The Morgan fingerprint density at radius 1 is 1.58 bits per heavy atom. The standard InChI is InChI=1S/C14H20BrNO3/c1-10(2)8-14(3,18)9-16-13(17)7-5-11-4-6-12(15)19-11/h4-7,10,18H,8-9H2,1-3H3,(H,16,17). The topological polar surface area (TPSA) is 62.5 Å². The third-order valence-electron chi connectivity index (χ3n) is 2.48. The fraction of sp³-hybridized carbons (Fsp3) is 0.500. The fourth-order valence-corrected chi connectivity index (χ4v) is 2.18. The van der Waals surface area contributed by atoms with Crippen molar-refractivity contribution in [3.05, 3.63) is 28.6 Å². The lowest BCUT2D eigenvalue weighted by Gasteiger charge is -2.25. The summed E-state index contributed by atoms with van der Waals surface area (Å²) in [6, 6.07) is 3.51. The highest BCUT2D eigenvalue weighted by Gasteiger charge is 2.21. The van der Waals surface area contributed by atoms with Gasteiger partial charge >= 0.3 is 0 Å². The fourth-order valence-electron chi connectivity index (χ4n) is 1.86. The predicted molar refractivity (Wildman–Crippen MR) is 78.5 cm³/mol. The van der Waals surface area contributed by atoms with E-state index in [0.29, 0.717) is 22.8 Å². The molecule has 4 nitrogen and oxygen atoms in total. The maximum atomic E-state index is 11.6. The number of hydrogen-bond donors (Lipinski definition) is 2. The summed E-state index contributed by atoms with van der Waals surface area (Å²) in [5.74, 6) is 0.718. The monoisotopic (exact) mass is 329 g/mol. The molecular formula is C14H20BrNO3. The van der Waals surface area contributed by atoms with Crippen molar-refractivity contribution in [1.82, 2.24) is 5.32 Å². The molecule has 0 aliphatic heterocycles. The Morgan fingerprint density at radius 3 is 2.79 bits per heavy atom. The molecule has 19 heavy (non-hydrogen) atoms. The average molecular weight is 330 g/mol. The summed E-state index contributed by atoms with van der Waals surface area (Å²) in [6.07, 6.45) is 3.61. The second-order valence-corrected chi connectivity index (χ2v) is 6.07. The molecule has 1 aromatic heterocycles. The van der Waals surface area contributed by atoms with E-state index < -0.39 is 5.60 Å². The van der Waals surface area contributed by atoms with E-state index in [0.717, 1.165) is 0 Å². The molecule has 0 spiro atoms. The number of hydrogen-bond acceptors (Lipinski definition) is 3. The van der Waals surface area contributed by atoms with E-state index in [4.69, 9.17) is 4.42 Å². The van der Waals surface area contributed by atoms with Crippen LogP contribution in [0.2, 0.25) is 0 Å². The number of halogens is 1. The molecule has 1 amide bonds. The van der Waals surface area contributed by atoms with Crippen molar-refractivity contribution < 1.29 is 14.3 Å². The highest BCUT2D eigenvalue weighted by molar-refractivity contribution is 9.10. The zero-order valence-electron chi connectivity index (χ0n) is 11.4. The number of rotatable bonds is 6. The molecule has 0 saturated carbocycles. The second kappa shape index (κ2) is 6.91. The molecule has 1 atom stereocenters. The maximum absolute atomic E-state index is 11.6. The van der Waals surface area contributed by atoms with Gasteiger partial charge in [-0.25, -0.2) is 0 Å². The molecule has 0 radical (unpaired) electrons. The molecule has 106 valence electrons. The normalized spacial score (nSPS) is 14.8. The largest absolute Gasteiger partial charge is 0.450 e. The molecule has 1 rings (SSSR count).